The Morgan fingerprint density at radius 1 is 1.19 bits per heavy atom. The number of hydrogen-bond donors (Lipinski definition) is 3. The minimum absolute atomic E-state index is 0.0117. The van der Waals surface area contributed by atoms with Crippen LogP contribution in [0.4, 0.5) is 5.69 Å². The highest BCUT2D eigenvalue weighted by molar-refractivity contribution is 5.93. The zero-order chi connectivity index (χ0) is 25.8. The molecule has 0 unspecified atom stereocenters. The quantitative estimate of drug-likeness (QED) is 0.452. The number of benzene rings is 1. The third-order valence-electron chi connectivity index (χ3n) is 10.5. The molecule has 6 heteroatoms. The number of nitrogens with one attached hydrogen (secondary N) is 2. The predicted octanol–water partition coefficient (Wildman–Crippen LogP) is 5.92. The molecule has 1 aromatic heterocycles. The molecule has 0 spiro atoms. The maximum absolute atomic E-state index is 12.7. The molecule has 2 fully saturated rings. The second-order valence-electron chi connectivity index (χ2n) is 12.7. The van der Waals surface area contributed by atoms with Crippen molar-refractivity contribution in [1.29, 1.82) is 0 Å². The minimum atomic E-state index is -0.186. The normalized spacial score (nSPS) is 31.7. The van der Waals surface area contributed by atoms with Crippen LogP contribution in [0.2, 0.25) is 0 Å². The van der Waals surface area contributed by atoms with Crippen LogP contribution in [0, 0.1) is 28.6 Å². The van der Waals surface area contributed by atoms with Crippen molar-refractivity contribution >= 4 is 22.6 Å². The molecule has 6 nitrogen and oxygen atoms in total. The van der Waals surface area contributed by atoms with E-state index in [-0.39, 0.29) is 23.1 Å². The fourth-order valence-corrected chi connectivity index (χ4v) is 8.40. The number of amides is 1. The Balaban J connectivity index is 1.22. The summed E-state index contributed by atoms with van der Waals surface area (Å²) in [6.07, 6.45) is 9.07. The first-order valence-corrected chi connectivity index (χ1v) is 13.9. The van der Waals surface area contributed by atoms with Gasteiger partial charge in [-0.15, -0.1) is 0 Å². The third-order valence-corrected chi connectivity index (χ3v) is 10.5. The lowest BCUT2D eigenvalue weighted by molar-refractivity contribution is -0.149. The van der Waals surface area contributed by atoms with Crippen molar-refractivity contribution in [1.82, 2.24) is 9.55 Å². The molecule has 0 radical (unpaired) electrons. The van der Waals surface area contributed by atoms with Crippen molar-refractivity contribution in [3.8, 4) is 0 Å². The van der Waals surface area contributed by atoms with Crippen LogP contribution in [0.1, 0.15) is 85.5 Å². The van der Waals surface area contributed by atoms with E-state index in [4.69, 9.17) is 0 Å². The fraction of sp³-hybridized carbons (Fsp3) is 0.667. The summed E-state index contributed by atoms with van der Waals surface area (Å²) in [7, 11) is 1.73. The molecule has 36 heavy (non-hydrogen) atoms. The van der Waals surface area contributed by atoms with Crippen LogP contribution in [-0.4, -0.2) is 26.7 Å². The average Bonchev–Trinajstić information content (AvgIpc) is 3.10. The lowest BCUT2D eigenvalue weighted by atomic mass is 9.43. The minimum Gasteiger partial charge on any atom is -0.393 e. The number of hydrogen-bond acceptors (Lipinski definition) is 3. The maximum Gasteiger partial charge on any atom is 0.326 e. The summed E-state index contributed by atoms with van der Waals surface area (Å²) in [6.45, 7) is 9.41. The van der Waals surface area contributed by atoms with E-state index < -0.39 is 0 Å². The van der Waals surface area contributed by atoms with Crippen LogP contribution in [0.5, 0.6) is 0 Å². The standard InChI is InChI=1S/C30H43N3O3/c1-18-9-12-22-21(11-14-25-29(2,3)26(34)15-16-30(22,25)4)20(18)7-6-8-27(35)31-19-10-13-24-23(17-19)32-28(36)33(24)5/h10,13,17,21-22,25-26,34H,6-9,11-12,14-16H2,1-5H3,(H,31,35)(H,32,36)/t21-,22-,25-,26-,30+/m0/s1. The molecule has 1 amide bonds. The zero-order valence-corrected chi connectivity index (χ0v) is 22.6. The van der Waals surface area contributed by atoms with Gasteiger partial charge in [0.2, 0.25) is 5.91 Å². The van der Waals surface area contributed by atoms with E-state index in [1.807, 2.05) is 18.2 Å². The van der Waals surface area contributed by atoms with Crippen LogP contribution in [0.15, 0.2) is 34.1 Å². The zero-order valence-electron chi connectivity index (χ0n) is 22.6. The molecule has 1 heterocycles. The molecule has 1 aromatic carbocycles. The van der Waals surface area contributed by atoms with Gasteiger partial charge in [0.25, 0.3) is 0 Å². The molecule has 3 N–H and O–H groups in total. The molecule has 3 aliphatic rings. The third kappa shape index (κ3) is 4.15. The van der Waals surface area contributed by atoms with Crippen molar-refractivity contribution in [2.75, 3.05) is 5.32 Å². The number of carbonyl (C=O) groups excluding carboxylic acids is 1. The summed E-state index contributed by atoms with van der Waals surface area (Å²) >= 11 is 0. The van der Waals surface area contributed by atoms with Crippen LogP contribution >= 0.6 is 0 Å². The Bertz CT molecular complexity index is 1250. The van der Waals surface area contributed by atoms with Crippen molar-refractivity contribution in [3.63, 3.8) is 0 Å². The Morgan fingerprint density at radius 2 is 1.97 bits per heavy atom. The topological polar surface area (TPSA) is 87.1 Å². The van der Waals surface area contributed by atoms with Crippen LogP contribution in [0.25, 0.3) is 11.0 Å². The molecule has 196 valence electrons. The maximum atomic E-state index is 12.7. The molecule has 3 aliphatic carbocycles. The highest BCUT2D eigenvalue weighted by Gasteiger charge is 2.58. The van der Waals surface area contributed by atoms with E-state index >= 15 is 0 Å². The highest BCUT2D eigenvalue weighted by atomic mass is 16.3. The molecule has 2 saturated carbocycles. The van der Waals surface area contributed by atoms with Gasteiger partial charge < -0.3 is 15.4 Å². The number of aliphatic hydroxyl groups is 1. The predicted molar refractivity (Wildman–Crippen MR) is 145 cm³/mol. The molecular weight excluding hydrogens is 450 g/mol. The van der Waals surface area contributed by atoms with Crippen molar-refractivity contribution in [2.45, 2.75) is 91.6 Å². The Kier molecular flexibility index (Phi) is 6.47. The van der Waals surface area contributed by atoms with Gasteiger partial charge in [-0.3, -0.25) is 9.36 Å². The summed E-state index contributed by atoms with van der Waals surface area (Å²) in [6, 6.07) is 5.55. The van der Waals surface area contributed by atoms with Gasteiger partial charge in [0.05, 0.1) is 17.1 Å². The fourth-order valence-electron chi connectivity index (χ4n) is 8.40. The smallest absolute Gasteiger partial charge is 0.326 e. The number of imidazole rings is 1. The number of aromatic nitrogens is 2. The highest BCUT2D eigenvalue weighted by Crippen LogP contribution is 2.64. The summed E-state index contributed by atoms with van der Waals surface area (Å²) in [5, 5.41) is 13.8. The number of carbonyl (C=O) groups is 1. The van der Waals surface area contributed by atoms with Gasteiger partial charge in [-0.2, -0.15) is 0 Å². The average molecular weight is 494 g/mol. The number of fused-ring (bicyclic) bond motifs is 4. The summed E-state index contributed by atoms with van der Waals surface area (Å²) in [4.78, 5) is 27.4. The van der Waals surface area contributed by atoms with E-state index in [0.717, 1.165) is 42.4 Å². The van der Waals surface area contributed by atoms with E-state index in [9.17, 15) is 14.7 Å². The van der Waals surface area contributed by atoms with E-state index in [2.05, 4.69) is 38.0 Å². The van der Waals surface area contributed by atoms with E-state index in [1.54, 1.807) is 22.8 Å². The lowest BCUT2D eigenvalue weighted by Gasteiger charge is -2.62. The van der Waals surface area contributed by atoms with E-state index in [1.165, 1.54) is 25.7 Å². The first kappa shape index (κ1) is 25.3. The first-order chi connectivity index (χ1) is 17.0. The largest absolute Gasteiger partial charge is 0.393 e. The molecule has 0 bridgehead atoms. The molecule has 5 rings (SSSR count). The molecule has 0 saturated heterocycles. The number of aromatic amines is 1. The SMILES string of the molecule is CC1=C(CCCC(=O)Nc2ccc3c(c2)[nH]c(=O)n3C)[C@@H]2CC[C@H]3C(C)(C)[C@@H](O)CC[C@]3(C)[C@H]2CC1. The first-order valence-electron chi connectivity index (χ1n) is 13.9. The van der Waals surface area contributed by atoms with Gasteiger partial charge in [0, 0.05) is 19.2 Å². The van der Waals surface area contributed by atoms with Crippen LogP contribution in [-0.2, 0) is 11.8 Å². The van der Waals surface area contributed by atoms with Gasteiger partial charge in [-0.05, 0) is 105 Å². The number of anilines is 1. The van der Waals surface area contributed by atoms with Gasteiger partial charge in [0.1, 0.15) is 0 Å². The van der Waals surface area contributed by atoms with E-state index in [0.29, 0.717) is 29.6 Å². The molecule has 2 aromatic rings. The van der Waals surface area contributed by atoms with Crippen LogP contribution < -0.4 is 11.0 Å². The number of allylic oxidation sites excluding steroid dienone is 2. The molecular formula is C30H43N3O3. The monoisotopic (exact) mass is 493 g/mol. The van der Waals surface area contributed by atoms with Gasteiger partial charge in [-0.1, -0.05) is 31.9 Å². The van der Waals surface area contributed by atoms with Crippen molar-refractivity contribution < 1.29 is 9.90 Å². The number of aryl methyl sites for hydroxylation is 1. The summed E-state index contributed by atoms with van der Waals surface area (Å²) in [5.41, 5.74) is 5.57. The summed E-state index contributed by atoms with van der Waals surface area (Å²) in [5.74, 6) is 1.93. The van der Waals surface area contributed by atoms with Crippen molar-refractivity contribution in [2.24, 2.45) is 35.6 Å². The number of rotatable bonds is 5. The van der Waals surface area contributed by atoms with Gasteiger partial charge in [-0.25, -0.2) is 4.79 Å². The Morgan fingerprint density at radius 3 is 2.75 bits per heavy atom. The van der Waals surface area contributed by atoms with Gasteiger partial charge in [0.15, 0.2) is 0 Å². The Hall–Kier alpha value is -2.34. The second-order valence-corrected chi connectivity index (χ2v) is 12.7. The van der Waals surface area contributed by atoms with Crippen molar-refractivity contribution in [3.05, 3.63) is 39.8 Å². The van der Waals surface area contributed by atoms with Gasteiger partial charge >= 0.3 is 5.69 Å². The molecule has 0 aliphatic heterocycles. The Labute approximate surface area is 214 Å². The van der Waals surface area contributed by atoms with Crippen LogP contribution in [0.3, 0.4) is 0 Å². The number of aliphatic hydroxyl groups excluding tert-OH is 1. The lowest BCUT2D eigenvalue weighted by Crippen LogP contribution is -2.56. The second kappa shape index (κ2) is 9.20. The summed E-state index contributed by atoms with van der Waals surface area (Å²) < 4.78 is 1.57. The molecule has 5 atom stereocenters. The number of H-pyrrole nitrogens is 1. The number of nitrogens with zero attached hydrogens (tertiary/aromatic N) is 1.